The van der Waals surface area contributed by atoms with E-state index in [1.165, 1.54) is 12.1 Å². The molecule has 0 aromatic heterocycles. The molecule has 3 nitrogen and oxygen atoms in total. The van der Waals surface area contributed by atoms with Crippen LogP contribution in [0.2, 0.25) is 0 Å². The van der Waals surface area contributed by atoms with Gasteiger partial charge >= 0.3 is 0 Å². The van der Waals surface area contributed by atoms with E-state index in [9.17, 15) is 8.42 Å². The van der Waals surface area contributed by atoms with E-state index in [1.54, 1.807) is 13.1 Å². The molecule has 0 bridgehead atoms. The second kappa shape index (κ2) is 3.39. The Balaban J connectivity index is 3.01. The number of hydrogen-bond donors (Lipinski definition) is 2. The van der Waals surface area contributed by atoms with Gasteiger partial charge in [0.05, 0.1) is 4.90 Å². The third-order valence-corrected chi connectivity index (χ3v) is 1.98. The molecular weight excluding hydrogens is 162 g/mol. The summed E-state index contributed by atoms with van der Waals surface area (Å²) >= 11 is 0. The summed E-state index contributed by atoms with van der Waals surface area (Å²) in [5, 5.41) is 2.84. The summed E-state index contributed by atoms with van der Waals surface area (Å²) in [4.78, 5) is 0.291. The molecule has 1 radical (unpaired) electrons. The molecule has 1 aromatic carbocycles. The van der Waals surface area contributed by atoms with Crippen molar-refractivity contribution in [1.82, 2.24) is 0 Å². The van der Waals surface area contributed by atoms with Crippen LogP contribution in [0, 0.1) is 6.07 Å². The normalized spacial score (nSPS) is 10.0. The van der Waals surface area contributed by atoms with Crippen LogP contribution in [-0.2, 0) is 10.7 Å². The van der Waals surface area contributed by atoms with Crippen LogP contribution in [0.4, 0.5) is 5.69 Å². The Kier molecular flexibility index (Phi) is 2.48. The van der Waals surface area contributed by atoms with Gasteiger partial charge in [0.15, 0.2) is 10.7 Å². The van der Waals surface area contributed by atoms with Crippen molar-refractivity contribution >= 4 is 16.4 Å². The van der Waals surface area contributed by atoms with Gasteiger partial charge in [0.1, 0.15) is 0 Å². The second-order valence-corrected chi connectivity index (χ2v) is 3.00. The molecule has 0 atom stereocenters. The summed E-state index contributed by atoms with van der Waals surface area (Å²) in [5.41, 5.74) is 0.783. The van der Waals surface area contributed by atoms with E-state index in [4.69, 9.17) is 0 Å². The van der Waals surface area contributed by atoms with Gasteiger partial charge < -0.3 is 5.32 Å². The standard InChI is InChI=1S/C7H8NO2S/c1-8-6-2-4-7(5-3-6)11(9)10/h2,4-5,8,11H,1H3. The quantitative estimate of drug-likeness (QED) is 0.635. The SMILES string of the molecule is CNc1[c]cc([SH](=O)=O)cc1. The van der Waals surface area contributed by atoms with Gasteiger partial charge in [0, 0.05) is 18.8 Å². The van der Waals surface area contributed by atoms with E-state index in [1.807, 2.05) is 0 Å². The largest absolute Gasteiger partial charge is 0.388 e. The first-order valence-electron chi connectivity index (χ1n) is 3.08. The number of rotatable bonds is 2. The number of hydrogen-bond acceptors (Lipinski definition) is 3. The van der Waals surface area contributed by atoms with E-state index in [2.05, 4.69) is 11.4 Å². The van der Waals surface area contributed by atoms with E-state index < -0.39 is 10.7 Å². The van der Waals surface area contributed by atoms with Crippen LogP contribution < -0.4 is 5.32 Å². The van der Waals surface area contributed by atoms with Crippen molar-refractivity contribution in [2.24, 2.45) is 0 Å². The van der Waals surface area contributed by atoms with Gasteiger partial charge in [-0.15, -0.1) is 0 Å². The molecule has 11 heavy (non-hydrogen) atoms. The Morgan fingerprint density at radius 3 is 2.55 bits per heavy atom. The molecule has 0 fully saturated rings. The Morgan fingerprint density at radius 1 is 1.45 bits per heavy atom. The topological polar surface area (TPSA) is 46.2 Å². The van der Waals surface area contributed by atoms with E-state index in [0.29, 0.717) is 4.90 Å². The van der Waals surface area contributed by atoms with Crippen LogP contribution in [0.25, 0.3) is 0 Å². The van der Waals surface area contributed by atoms with Crippen LogP contribution in [-0.4, -0.2) is 15.5 Å². The maximum atomic E-state index is 10.4. The summed E-state index contributed by atoms with van der Waals surface area (Å²) in [6, 6.07) is 7.42. The molecule has 1 N–H and O–H groups in total. The van der Waals surface area contributed by atoms with Gasteiger partial charge in [-0.05, 0) is 18.2 Å². The molecule has 59 valence electrons. The van der Waals surface area contributed by atoms with E-state index in [-0.39, 0.29) is 0 Å². The zero-order valence-corrected chi connectivity index (χ0v) is 6.89. The van der Waals surface area contributed by atoms with Gasteiger partial charge in [0.2, 0.25) is 0 Å². The van der Waals surface area contributed by atoms with Gasteiger partial charge in [-0.25, -0.2) is 8.42 Å². The Morgan fingerprint density at radius 2 is 2.18 bits per heavy atom. The average molecular weight is 170 g/mol. The minimum atomic E-state index is -2.47. The summed E-state index contributed by atoms with van der Waals surface area (Å²) < 4.78 is 20.8. The monoisotopic (exact) mass is 170 g/mol. The van der Waals surface area contributed by atoms with Crippen molar-refractivity contribution in [3.63, 3.8) is 0 Å². The molecule has 1 aromatic rings. The van der Waals surface area contributed by atoms with Crippen molar-refractivity contribution in [1.29, 1.82) is 0 Å². The molecule has 0 spiro atoms. The predicted molar refractivity (Wildman–Crippen MR) is 43.4 cm³/mol. The van der Waals surface area contributed by atoms with Gasteiger partial charge in [-0.1, -0.05) is 0 Å². The lowest BCUT2D eigenvalue weighted by molar-refractivity contribution is 0.614. The molecule has 0 saturated heterocycles. The third-order valence-electron chi connectivity index (χ3n) is 1.28. The first kappa shape index (κ1) is 8.07. The average Bonchev–Trinajstić information content (AvgIpc) is 2.05. The maximum Gasteiger partial charge on any atom is 0.168 e. The van der Waals surface area contributed by atoms with Crippen molar-refractivity contribution in [2.45, 2.75) is 4.90 Å². The van der Waals surface area contributed by atoms with Crippen LogP contribution in [0.15, 0.2) is 23.1 Å². The fourth-order valence-electron chi connectivity index (χ4n) is 0.686. The molecule has 0 aliphatic carbocycles. The molecule has 0 aliphatic heterocycles. The van der Waals surface area contributed by atoms with E-state index in [0.717, 1.165) is 5.69 Å². The molecule has 0 amide bonds. The fourth-order valence-corrected chi connectivity index (χ4v) is 1.05. The molecule has 0 aliphatic rings. The summed E-state index contributed by atoms with van der Waals surface area (Å²) in [7, 11) is -0.719. The minimum absolute atomic E-state index is 0.291. The molecule has 0 unspecified atom stereocenters. The second-order valence-electron chi connectivity index (χ2n) is 1.97. The zero-order chi connectivity index (χ0) is 8.27. The Bertz CT molecular complexity index is 295. The van der Waals surface area contributed by atoms with Gasteiger partial charge in [0.25, 0.3) is 0 Å². The summed E-state index contributed by atoms with van der Waals surface area (Å²) in [6.45, 7) is 0. The molecule has 0 saturated carbocycles. The number of nitrogens with one attached hydrogen (secondary N) is 1. The lowest BCUT2D eigenvalue weighted by atomic mass is 10.3. The van der Waals surface area contributed by atoms with Gasteiger partial charge in [-0.2, -0.15) is 0 Å². The van der Waals surface area contributed by atoms with Crippen LogP contribution in [0.3, 0.4) is 0 Å². The first-order valence-corrected chi connectivity index (χ1v) is 4.25. The number of anilines is 1. The summed E-state index contributed by atoms with van der Waals surface area (Å²) in [6.07, 6.45) is 0. The molecular formula is C7H8NO2S. The van der Waals surface area contributed by atoms with Crippen LogP contribution in [0.1, 0.15) is 0 Å². The van der Waals surface area contributed by atoms with Crippen LogP contribution >= 0.6 is 0 Å². The molecule has 4 heteroatoms. The molecule has 1 rings (SSSR count). The maximum absolute atomic E-state index is 10.4. The lowest BCUT2D eigenvalue weighted by Gasteiger charge is -1.96. The Hall–Kier alpha value is -1.03. The highest BCUT2D eigenvalue weighted by atomic mass is 32.2. The lowest BCUT2D eigenvalue weighted by Crippen LogP contribution is -1.88. The van der Waals surface area contributed by atoms with Crippen molar-refractivity contribution in [2.75, 3.05) is 12.4 Å². The summed E-state index contributed by atoms with van der Waals surface area (Å²) in [5.74, 6) is 0. The fraction of sp³-hybridized carbons (Fsp3) is 0.143. The highest BCUT2D eigenvalue weighted by Gasteiger charge is 1.93. The van der Waals surface area contributed by atoms with Gasteiger partial charge in [-0.3, -0.25) is 0 Å². The zero-order valence-electron chi connectivity index (χ0n) is 6.00. The van der Waals surface area contributed by atoms with Crippen molar-refractivity contribution in [3.8, 4) is 0 Å². The smallest absolute Gasteiger partial charge is 0.168 e. The van der Waals surface area contributed by atoms with Crippen molar-refractivity contribution in [3.05, 3.63) is 24.3 Å². The predicted octanol–water partition coefficient (Wildman–Crippen LogP) is 0.499. The number of thiol groups is 1. The minimum Gasteiger partial charge on any atom is -0.388 e. The highest BCUT2D eigenvalue weighted by molar-refractivity contribution is 7.72. The highest BCUT2D eigenvalue weighted by Crippen LogP contribution is 2.07. The first-order chi connectivity index (χ1) is 5.24. The Labute approximate surface area is 67.0 Å². The van der Waals surface area contributed by atoms with Crippen molar-refractivity contribution < 1.29 is 8.42 Å². The number of benzene rings is 1. The van der Waals surface area contributed by atoms with E-state index >= 15 is 0 Å². The third kappa shape index (κ3) is 1.94. The molecule has 0 heterocycles. The van der Waals surface area contributed by atoms with Crippen LogP contribution in [0.5, 0.6) is 0 Å².